The molecular weight excluding hydrogens is 348 g/mol. The summed E-state index contributed by atoms with van der Waals surface area (Å²) in [5, 5.41) is 11.9. The molecule has 0 unspecified atom stereocenters. The van der Waals surface area contributed by atoms with Crippen LogP contribution in [0.25, 0.3) is 0 Å². The van der Waals surface area contributed by atoms with Gasteiger partial charge in [-0.1, -0.05) is 24.3 Å². The van der Waals surface area contributed by atoms with Crippen LogP contribution in [0, 0.1) is 0 Å². The highest BCUT2D eigenvalue weighted by Gasteiger charge is 2.11. The third-order valence-electron chi connectivity index (χ3n) is 3.85. The van der Waals surface area contributed by atoms with Gasteiger partial charge in [-0.3, -0.25) is 9.59 Å². The first kappa shape index (κ1) is 20.0. The number of anilines is 1. The van der Waals surface area contributed by atoms with Crippen LogP contribution in [-0.4, -0.2) is 48.5 Å². The van der Waals surface area contributed by atoms with E-state index in [0.717, 1.165) is 0 Å². The summed E-state index contributed by atoms with van der Waals surface area (Å²) in [6.07, 6.45) is 0.469. The van der Waals surface area contributed by atoms with Gasteiger partial charge in [0.1, 0.15) is 5.75 Å². The van der Waals surface area contributed by atoms with Crippen LogP contribution < -0.4 is 10.1 Å². The molecule has 0 saturated heterocycles. The van der Waals surface area contributed by atoms with Gasteiger partial charge in [0.25, 0.3) is 5.91 Å². The zero-order valence-corrected chi connectivity index (χ0v) is 15.3. The average molecular weight is 370 g/mol. The van der Waals surface area contributed by atoms with Gasteiger partial charge in [0.15, 0.2) is 6.61 Å². The summed E-state index contributed by atoms with van der Waals surface area (Å²) >= 11 is 0. The second kappa shape index (κ2) is 9.38. The fraction of sp³-hybridized carbons (Fsp3) is 0.250. The number of benzene rings is 2. The Hall–Kier alpha value is -3.35. The van der Waals surface area contributed by atoms with Gasteiger partial charge in [-0.25, -0.2) is 4.79 Å². The van der Waals surface area contributed by atoms with E-state index in [2.05, 4.69) is 5.32 Å². The normalized spacial score (nSPS) is 10.1. The van der Waals surface area contributed by atoms with E-state index in [1.165, 1.54) is 11.0 Å². The van der Waals surface area contributed by atoms with Gasteiger partial charge in [-0.2, -0.15) is 0 Å². The molecule has 0 fully saturated rings. The van der Waals surface area contributed by atoms with E-state index in [9.17, 15) is 19.5 Å². The summed E-state index contributed by atoms with van der Waals surface area (Å²) in [5.41, 5.74) is 1.35. The van der Waals surface area contributed by atoms with Crippen molar-refractivity contribution in [3.05, 3.63) is 59.7 Å². The number of likely N-dealkylation sites (N-methyl/N-ethyl adjacent to an activating group) is 1. The highest BCUT2D eigenvalue weighted by atomic mass is 16.5. The van der Waals surface area contributed by atoms with E-state index < -0.39 is 5.97 Å². The maximum absolute atomic E-state index is 12.2. The number of carboxylic acids is 1. The zero-order valence-electron chi connectivity index (χ0n) is 15.3. The van der Waals surface area contributed by atoms with Crippen LogP contribution in [0.5, 0.6) is 5.75 Å². The molecule has 2 rings (SSSR count). The van der Waals surface area contributed by atoms with Crippen LogP contribution in [0.4, 0.5) is 5.69 Å². The van der Waals surface area contributed by atoms with E-state index in [-0.39, 0.29) is 30.4 Å². The van der Waals surface area contributed by atoms with E-state index in [1.54, 1.807) is 56.6 Å². The highest BCUT2D eigenvalue weighted by molar-refractivity contribution is 5.92. The van der Waals surface area contributed by atoms with E-state index in [0.29, 0.717) is 23.4 Å². The predicted octanol–water partition coefficient (Wildman–Crippen LogP) is 2.42. The van der Waals surface area contributed by atoms with E-state index >= 15 is 0 Å². The number of hydrogen-bond acceptors (Lipinski definition) is 4. The molecule has 0 heterocycles. The van der Waals surface area contributed by atoms with E-state index in [1.807, 2.05) is 0 Å². The number of nitrogens with zero attached hydrogens (tertiary/aromatic N) is 1. The summed E-state index contributed by atoms with van der Waals surface area (Å²) in [4.78, 5) is 36.4. The Kier molecular flexibility index (Phi) is 6.93. The smallest absolute Gasteiger partial charge is 0.335 e. The van der Waals surface area contributed by atoms with Crippen molar-refractivity contribution in [2.24, 2.45) is 0 Å². The van der Waals surface area contributed by atoms with Crippen molar-refractivity contribution >= 4 is 23.5 Å². The van der Waals surface area contributed by atoms with Gasteiger partial charge in [0.2, 0.25) is 5.91 Å². The molecule has 2 amide bonds. The third-order valence-corrected chi connectivity index (χ3v) is 3.85. The van der Waals surface area contributed by atoms with Crippen molar-refractivity contribution in [3.63, 3.8) is 0 Å². The molecule has 0 aliphatic heterocycles. The molecule has 0 saturated carbocycles. The lowest BCUT2D eigenvalue weighted by molar-refractivity contribution is -0.130. The molecule has 2 aromatic rings. The highest BCUT2D eigenvalue weighted by Crippen LogP contribution is 2.18. The molecule has 0 atom stereocenters. The topological polar surface area (TPSA) is 95.9 Å². The van der Waals surface area contributed by atoms with Crippen molar-refractivity contribution in [1.29, 1.82) is 0 Å². The molecule has 2 N–H and O–H groups in total. The SMILES string of the molecule is CN(C)C(=O)COc1cccc(NC(=O)CCc2ccccc2C(=O)O)c1. The van der Waals surface area contributed by atoms with Gasteiger partial charge in [-0.05, 0) is 30.2 Å². The number of hydrogen-bond donors (Lipinski definition) is 2. The lowest BCUT2D eigenvalue weighted by Crippen LogP contribution is -2.27. The first-order valence-electron chi connectivity index (χ1n) is 8.41. The molecule has 142 valence electrons. The number of aromatic carboxylic acids is 1. The molecule has 0 radical (unpaired) electrons. The molecule has 27 heavy (non-hydrogen) atoms. The van der Waals surface area contributed by atoms with Gasteiger partial charge in [-0.15, -0.1) is 0 Å². The van der Waals surface area contributed by atoms with Gasteiger partial charge >= 0.3 is 5.97 Å². The third kappa shape index (κ3) is 6.14. The molecule has 0 aliphatic rings. The van der Waals surface area contributed by atoms with Crippen molar-refractivity contribution < 1.29 is 24.2 Å². The van der Waals surface area contributed by atoms with Crippen LogP contribution in [0.3, 0.4) is 0 Å². The Labute approximate surface area is 157 Å². The Morgan fingerprint density at radius 1 is 1.07 bits per heavy atom. The van der Waals surface area contributed by atoms with Gasteiger partial charge < -0.3 is 20.1 Å². The first-order valence-corrected chi connectivity index (χ1v) is 8.41. The number of amides is 2. The fourth-order valence-electron chi connectivity index (χ4n) is 2.36. The largest absolute Gasteiger partial charge is 0.484 e. The average Bonchev–Trinajstić information content (AvgIpc) is 2.64. The Bertz CT molecular complexity index is 833. The first-order chi connectivity index (χ1) is 12.9. The predicted molar refractivity (Wildman–Crippen MR) is 101 cm³/mol. The number of carbonyl (C=O) groups excluding carboxylic acids is 2. The van der Waals surface area contributed by atoms with Crippen LogP contribution in [0.15, 0.2) is 48.5 Å². The zero-order chi connectivity index (χ0) is 19.8. The molecule has 0 aromatic heterocycles. The molecular formula is C20H22N2O5. The summed E-state index contributed by atoms with van der Waals surface area (Å²) in [7, 11) is 3.29. The van der Waals surface area contributed by atoms with Crippen LogP contribution >= 0.6 is 0 Å². The maximum Gasteiger partial charge on any atom is 0.335 e. The molecule has 7 nitrogen and oxygen atoms in total. The van der Waals surface area contributed by atoms with Gasteiger partial charge in [0.05, 0.1) is 5.56 Å². The van der Waals surface area contributed by atoms with Crippen molar-refractivity contribution in [2.45, 2.75) is 12.8 Å². The van der Waals surface area contributed by atoms with Crippen molar-refractivity contribution in [3.8, 4) is 5.75 Å². The van der Waals surface area contributed by atoms with Crippen molar-refractivity contribution in [1.82, 2.24) is 4.90 Å². The summed E-state index contributed by atoms with van der Waals surface area (Å²) in [6.45, 7) is -0.0869. The Morgan fingerprint density at radius 2 is 1.81 bits per heavy atom. The fourth-order valence-corrected chi connectivity index (χ4v) is 2.36. The molecule has 7 heteroatoms. The standard InChI is InChI=1S/C20H22N2O5/c1-22(2)19(24)13-27-16-8-5-7-15(12-16)21-18(23)11-10-14-6-3-4-9-17(14)20(25)26/h3-9,12H,10-11,13H2,1-2H3,(H,21,23)(H,25,26). The van der Waals surface area contributed by atoms with Crippen molar-refractivity contribution in [2.75, 3.05) is 26.0 Å². The number of rotatable bonds is 8. The monoisotopic (exact) mass is 370 g/mol. The number of carboxylic acid groups (broad SMARTS) is 1. The minimum absolute atomic E-state index is 0.0869. The minimum Gasteiger partial charge on any atom is -0.484 e. The molecule has 2 aromatic carbocycles. The Morgan fingerprint density at radius 3 is 2.52 bits per heavy atom. The molecule has 0 aliphatic carbocycles. The number of nitrogens with one attached hydrogen (secondary N) is 1. The second-order valence-electron chi connectivity index (χ2n) is 6.12. The summed E-state index contributed by atoms with van der Waals surface area (Å²) in [6, 6.07) is 13.4. The lowest BCUT2D eigenvalue weighted by atomic mass is 10.0. The quantitative estimate of drug-likeness (QED) is 0.744. The Balaban J connectivity index is 1.92. The van der Waals surface area contributed by atoms with Crippen LogP contribution in [0.2, 0.25) is 0 Å². The summed E-state index contributed by atoms with van der Waals surface area (Å²) < 4.78 is 5.41. The molecule has 0 spiro atoms. The molecule has 0 bridgehead atoms. The minimum atomic E-state index is -1.01. The number of aryl methyl sites for hydroxylation is 1. The lowest BCUT2D eigenvalue weighted by Gasteiger charge is -2.12. The number of carbonyl (C=O) groups is 3. The summed E-state index contributed by atoms with van der Waals surface area (Å²) in [5.74, 6) is -0.944. The van der Waals surface area contributed by atoms with Crippen LogP contribution in [-0.2, 0) is 16.0 Å². The second-order valence-corrected chi connectivity index (χ2v) is 6.12. The van der Waals surface area contributed by atoms with E-state index in [4.69, 9.17) is 4.74 Å². The maximum atomic E-state index is 12.2. The number of ether oxygens (including phenoxy) is 1. The van der Waals surface area contributed by atoms with Gasteiger partial charge in [0, 0.05) is 32.3 Å². The van der Waals surface area contributed by atoms with Crippen LogP contribution in [0.1, 0.15) is 22.3 Å².